The van der Waals surface area contributed by atoms with Crippen molar-refractivity contribution in [3.8, 4) is 0 Å². The van der Waals surface area contributed by atoms with Gasteiger partial charge in [0.15, 0.2) is 0 Å². The second-order valence-electron chi connectivity index (χ2n) is 2.67. The van der Waals surface area contributed by atoms with E-state index in [0.717, 1.165) is 3.57 Å². The van der Waals surface area contributed by atoms with Crippen LogP contribution in [0.2, 0.25) is 0 Å². The van der Waals surface area contributed by atoms with Crippen LogP contribution in [0.25, 0.3) is 0 Å². The minimum absolute atomic E-state index is 0.116. The van der Waals surface area contributed by atoms with Gasteiger partial charge in [-0.2, -0.15) is 0 Å². The van der Waals surface area contributed by atoms with E-state index in [1.807, 2.05) is 22.6 Å². The molecule has 84 valence electrons. The summed E-state index contributed by atoms with van der Waals surface area (Å²) in [6.07, 6.45) is -3.17. The molecular weight excluding hydrogens is 326 g/mol. The molecule has 0 radical (unpaired) electrons. The van der Waals surface area contributed by atoms with Crippen LogP contribution in [0.4, 0.5) is 13.2 Å². The smallest absolute Gasteiger partial charge is 0.312 e. The summed E-state index contributed by atoms with van der Waals surface area (Å²) >= 11 is 1.97. The Kier molecular flexibility index (Phi) is 4.14. The molecule has 7 heteroatoms. The minimum Gasteiger partial charge on any atom is -0.312 e. The molecule has 1 heterocycles. The molecule has 0 saturated heterocycles. The van der Waals surface area contributed by atoms with Gasteiger partial charge in [0.1, 0.15) is 0 Å². The van der Waals surface area contributed by atoms with Crippen molar-refractivity contribution in [2.45, 2.75) is 12.9 Å². The average Bonchev–Trinajstić information content (AvgIpc) is 2.09. The zero-order valence-corrected chi connectivity index (χ0v) is 9.58. The molecular formula is C8H7F3INO2. The van der Waals surface area contributed by atoms with Crippen molar-refractivity contribution in [1.82, 2.24) is 4.57 Å². The molecule has 0 aliphatic rings. The highest BCUT2D eigenvalue weighted by Crippen LogP contribution is 2.15. The Bertz CT molecular complexity index is 388. The molecule has 1 rings (SSSR count). The summed E-state index contributed by atoms with van der Waals surface area (Å²) in [5.41, 5.74) is -0.346. The predicted octanol–water partition coefficient (Wildman–Crippen LogP) is 1.99. The number of nitrogens with zero attached hydrogens (tertiary/aromatic N) is 1. The van der Waals surface area contributed by atoms with Crippen molar-refractivity contribution < 1.29 is 17.9 Å². The number of alkyl halides is 3. The monoisotopic (exact) mass is 333 g/mol. The largest absolute Gasteiger partial charge is 0.522 e. The fourth-order valence-corrected chi connectivity index (χ4v) is 1.45. The van der Waals surface area contributed by atoms with Crippen LogP contribution >= 0.6 is 22.6 Å². The maximum Gasteiger partial charge on any atom is 0.522 e. The maximum atomic E-state index is 11.6. The van der Waals surface area contributed by atoms with Crippen molar-refractivity contribution >= 4 is 22.6 Å². The van der Waals surface area contributed by atoms with Gasteiger partial charge in [0, 0.05) is 22.4 Å². The van der Waals surface area contributed by atoms with Gasteiger partial charge in [-0.25, -0.2) is 0 Å². The summed E-state index contributed by atoms with van der Waals surface area (Å²) in [5, 5.41) is 0. The van der Waals surface area contributed by atoms with E-state index in [9.17, 15) is 18.0 Å². The highest BCUT2D eigenvalue weighted by atomic mass is 127. The number of hydrogen-bond donors (Lipinski definition) is 0. The first-order chi connectivity index (χ1) is 6.88. The van der Waals surface area contributed by atoms with Gasteiger partial charge < -0.3 is 4.57 Å². The number of pyridine rings is 1. The lowest BCUT2D eigenvalue weighted by atomic mass is 10.4. The molecule has 1 aromatic heterocycles. The molecule has 15 heavy (non-hydrogen) atoms. The van der Waals surface area contributed by atoms with E-state index < -0.39 is 13.0 Å². The highest BCUT2D eigenvalue weighted by molar-refractivity contribution is 14.1. The van der Waals surface area contributed by atoms with Gasteiger partial charge in [0.05, 0.1) is 6.61 Å². The SMILES string of the molecule is O=c1ccc(I)cn1CCOC(F)(F)F. The van der Waals surface area contributed by atoms with Crippen LogP contribution in [0.5, 0.6) is 0 Å². The van der Waals surface area contributed by atoms with Crippen LogP contribution < -0.4 is 5.56 Å². The van der Waals surface area contributed by atoms with E-state index in [1.54, 1.807) is 6.07 Å². The number of ether oxygens (including phenoxy) is 1. The molecule has 0 unspecified atom stereocenters. The standard InChI is InChI=1S/C8H7F3INO2/c9-8(10,11)15-4-3-13-5-6(12)1-2-7(13)14/h1-2,5H,3-4H2. The molecule has 0 aromatic carbocycles. The van der Waals surface area contributed by atoms with Crippen LogP contribution in [0.3, 0.4) is 0 Å². The highest BCUT2D eigenvalue weighted by Gasteiger charge is 2.28. The molecule has 3 nitrogen and oxygen atoms in total. The van der Waals surface area contributed by atoms with Crippen molar-refractivity contribution in [3.05, 3.63) is 32.3 Å². The fraction of sp³-hybridized carbons (Fsp3) is 0.375. The van der Waals surface area contributed by atoms with E-state index in [0.29, 0.717) is 0 Å². The van der Waals surface area contributed by atoms with Crippen molar-refractivity contribution in [2.75, 3.05) is 6.61 Å². The molecule has 0 fully saturated rings. The molecule has 0 aliphatic heterocycles. The lowest BCUT2D eigenvalue weighted by molar-refractivity contribution is -0.325. The zero-order valence-electron chi connectivity index (χ0n) is 7.42. The third-order valence-electron chi connectivity index (χ3n) is 1.55. The van der Waals surface area contributed by atoms with Crippen LogP contribution in [-0.2, 0) is 11.3 Å². The number of aromatic nitrogens is 1. The van der Waals surface area contributed by atoms with Gasteiger partial charge in [-0.15, -0.1) is 13.2 Å². The molecule has 0 aliphatic carbocycles. The Morgan fingerprint density at radius 2 is 2.07 bits per heavy atom. The van der Waals surface area contributed by atoms with E-state index in [4.69, 9.17) is 0 Å². The minimum atomic E-state index is -4.65. The third-order valence-corrected chi connectivity index (χ3v) is 2.18. The Labute approximate surface area is 97.0 Å². The Morgan fingerprint density at radius 3 is 2.67 bits per heavy atom. The van der Waals surface area contributed by atoms with Gasteiger partial charge in [-0.05, 0) is 28.7 Å². The Hall–Kier alpha value is -0.570. The van der Waals surface area contributed by atoms with Crippen LogP contribution in [0.15, 0.2) is 23.1 Å². The van der Waals surface area contributed by atoms with Gasteiger partial charge in [0.25, 0.3) is 5.56 Å². The summed E-state index contributed by atoms with van der Waals surface area (Å²) in [6.45, 7) is -0.682. The van der Waals surface area contributed by atoms with E-state index in [1.165, 1.54) is 16.8 Å². The number of rotatable bonds is 3. The second kappa shape index (κ2) is 4.97. The normalized spacial score (nSPS) is 11.7. The summed E-state index contributed by atoms with van der Waals surface area (Å²) < 4.78 is 40.4. The van der Waals surface area contributed by atoms with Gasteiger partial charge >= 0.3 is 6.36 Å². The second-order valence-corrected chi connectivity index (χ2v) is 3.92. The number of hydrogen-bond acceptors (Lipinski definition) is 2. The molecule has 1 aromatic rings. The van der Waals surface area contributed by atoms with E-state index in [-0.39, 0.29) is 12.1 Å². The van der Waals surface area contributed by atoms with Crippen LogP contribution in [0, 0.1) is 3.57 Å². The first-order valence-electron chi connectivity index (χ1n) is 3.95. The van der Waals surface area contributed by atoms with Crippen LogP contribution in [0.1, 0.15) is 0 Å². The lowest BCUT2D eigenvalue weighted by Crippen LogP contribution is -2.24. The fourth-order valence-electron chi connectivity index (χ4n) is 0.937. The molecule has 0 bridgehead atoms. The first-order valence-corrected chi connectivity index (χ1v) is 5.03. The Balaban J connectivity index is 2.58. The van der Waals surface area contributed by atoms with Crippen molar-refractivity contribution in [3.63, 3.8) is 0 Å². The van der Waals surface area contributed by atoms with Gasteiger partial charge in [-0.1, -0.05) is 0 Å². The summed E-state index contributed by atoms with van der Waals surface area (Å²) in [6, 6.07) is 2.89. The first kappa shape index (κ1) is 12.5. The van der Waals surface area contributed by atoms with Crippen molar-refractivity contribution in [1.29, 1.82) is 0 Å². The van der Waals surface area contributed by atoms with E-state index >= 15 is 0 Å². The Morgan fingerprint density at radius 1 is 1.40 bits per heavy atom. The quantitative estimate of drug-likeness (QED) is 0.793. The molecule has 0 saturated carbocycles. The average molecular weight is 333 g/mol. The maximum absolute atomic E-state index is 11.6. The third kappa shape index (κ3) is 4.65. The molecule has 0 atom stereocenters. The van der Waals surface area contributed by atoms with Crippen molar-refractivity contribution in [2.24, 2.45) is 0 Å². The lowest BCUT2D eigenvalue weighted by Gasteiger charge is -2.08. The number of halogens is 4. The topological polar surface area (TPSA) is 31.2 Å². The van der Waals surface area contributed by atoms with Gasteiger partial charge in [0.2, 0.25) is 0 Å². The molecule has 0 amide bonds. The molecule has 0 N–H and O–H groups in total. The summed E-state index contributed by atoms with van der Waals surface area (Å²) in [7, 11) is 0. The van der Waals surface area contributed by atoms with Crippen LogP contribution in [-0.4, -0.2) is 17.5 Å². The predicted molar refractivity (Wildman–Crippen MR) is 55.4 cm³/mol. The van der Waals surface area contributed by atoms with Gasteiger partial charge in [-0.3, -0.25) is 9.53 Å². The molecule has 0 spiro atoms. The van der Waals surface area contributed by atoms with E-state index in [2.05, 4.69) is 4.74 Å². The summed E-state index contributed by atoms with van der Waals surface area (Å²) in [5.74, 6) is 0. The zero-order chi connectivity index (χ0) is 11.5. The summed E-state index contributed by atoms with van der Waals surface area (Å²) in [4.78, 5) is 11.1.